The van der Waals surface area contributed by atoms with Crippen molar-refractivity contribution in [3.05, 3.63) is 30.3 Å². The molecule has 0 aromatic heterocycles. The summed E-state index contributed by atoms with van der Waals surface area (Å²) in [7, 11) is 0. The number of carbonyl (C=O) groups is 1. The molecule has 0 spiro atoms. The van der Waals surface area contributed by atoms with E-state index >= 15 is 0 Å². The summed E-state index contributed by atoms with van der Waals surface area (Å²) in [5, 5.41) is 3.34. The number of para-hydroxylation sites is 1. The van der Waals surface area contributed by atoms with Gasteiger partial charge in [0.25, 0.3) is 0 Å². The first-order valence-corrected chi connectivity index (χ1v) is 8.27. The lowest BCUT2D eigenvalue weighted by atomic mass is 10.1. The third kappa shape index (κ3) is 7.51. The number of esters is 1. The average Bonchev–Trinajstić information content (AvgIpc) is 2.51. The fraction of sp³-hybridized carbons (Fsp3) is 0.556. The lowest BCUT2D eigenvalue weighted by Crippen LogP contribution is -2.40. The van der Waals surface area contributed by atoms with Crippen LogP contribution in [0.4, 0.5) is 5.69 Å². The largest absolute Gasteiger partial charge is 0.459 e. The van der Waals surface area contributed by atoms with Crippen LogP contribution in [0.5, 0.6) is 0 Å². The molecule has 5 nitrogen and oxygen atoms in total. The molecule has 0 saturated carbocycles. The van der Waals surface area contributed by atoms with E-state index in [4.69, 9.17) is 4.74 Å². The zero-order valence-electron chi connectivity index (χ0n) is 14.7. The van der Waals surface area contributed by atoms with E-state index in [9.17, 15) is 4.79 Å². The Bertz CT molecular complexity index is 535. The maximum atomic E-state index is 11.9. The second kappa shape index (κ2) is 9.86. The molecule has 1 saturated heterocycles. The van der Waals surface area contributed by atoms with E-state index in [0.29, 0.717) is 0 Å². The first-order valence-electron chi connectivity index (χ1n) is 8.27. The molecular formula is C18H28IN3O2. The van der Waals surface area contributed by atoms with Gasteiger partial charge in [0.15, 0.2) is 5.96 Å². The highest BCUT2D eigenvalue weighted by atomic mass is 127. The zero-order chi connectivity index (χ0) is 16.7. The molecule has 1 aliphatic rings. The third-order valence-electron chi connectivity index (χ3n) is 3.46. The Morgan fingerprint density at radius 1 is 1.17 bits per heavy atom. The van der Waals surface area contributed by atoms with E-state index in [1.54, 1.807) is 0 Å². The van der Waals surface area contributed by atoms with Crippen LogP contribution in [0, 0.1) is 0 Å². The van der Waals surface area contributed by atoms with Crippen molar-refractivity contribution >= 4 is 41.6 Å². The van der Waals surface area contributed by atoms with Crippen LogP contribution < -0.4 is 5.32 Å². The van der Waals surface area contributed by atoms with E-state index in [2.05, 4.69) is 15.2 Å². The van der Waals surface area contributed by atoms with Gasteiger partial charge in [-0.3, -0.25) is 4.79 Å². The van der Waals surface area contributed by atoms with E-state index in [1.165, 1.54) is 6.42 Å². The Balaban J connectivity index is 0.00000288. The molecule has 1 fully saturated rings. The highest BCUT2D eigenvalue weighted by molar-refractivity contribution is 14.0. The standard InChI is InChI=1S/C18H27N3O2.HI/c1-18(2,3)23-16(22)14-19-17(21-12-8-5-9-13-21)20-15-10-6-4-7-11-15;/h4,6-7,10-11H,5,8-9,12-14H2,1-3H3,(H,19,20);1H. The van der Waals surface area contributed by atoms with Gasteiger partial charge in [0.1, 0.15) is 12.1 Å². The van der Waals surface area contributed by atoms with E-state index < -0.39 is 5.60 Å². The SMILES string of the molecule is CC(C)(C)OC(=O)CN=C(Nc1ccccc1)N1CCCCC1.I. The first-order chi connectivity index (χ1) is 10.9. The van der Waals surface area contributed by atoms with Gasteiger partial charge in [-0.05, 0) is 52.2 Å². The smallest absolute Gasteiger partial charge is 0.328 e. The fourth-order valence-corrected chi connectivity index (χ4v) is 2.49. The lowest BCUT2D eigenvalue weighted by molar-refractivity contribution is -0.152. The number of likely N-dealkylation sites (tertiary alicyclic amines) is 1. The molecule has 1 heterocycles. The Labute approximate surface area is 161 Å². The van der Waals surface area contributed by atoms with Crippen molar-refractivity contribution in [2.75, 3.05) is 25.0 Å². The Hall–Kier alpha value is -1.31. The second-order valence-electron chi connectivity index (χ2n) is 6.77. The molecule has 1 aromatic rings. The van der Waals surface area contributed by atoms with Gasteiger partial charge >= 0.3 is 5.97 Å². The van der Waals surface area contributed by atoms with Gasteiger partial charge < -0.3 is 15.0 Å². The number of hydrogen-bond donors (Lipinski definition) is 1. The van der Waals surface area contributed by atoms with Crippen LogP contribution >= 0.6 is 24.0 Å². The summed E-state index contributed by atoms with van der Waals surface area (Å²) >= 11 is 0. The summed E-state index contributed by atoms with van der Waals surface area (Å²) in [6.45, 7) is 7.55. The highest BCUT2D eigenvalue weighted by Gasteiger charge is 2.18. The van der Waals surface area contributed by atoms with Gasteiger partial charge in [-0.1, -0.05) is 18.2 Å². The number of ether oxygens (including phenoxy) is 1. The van der Waals surface area contributed by atoms with Gasteiger partial charge in [-0.15, -0.1) is 24.0 Å². The predicted molar refractivity (Wildman–Crippen MR) is 109 cm³/mol. The molecule has 134 valence electrons. The normalized spacial score (nSPS) is 15.5. The summed E-state index contributed by atoms with van der Waals surface area (Å²) in [4.78, 5) is 18.6. The van der Waals surface area contributed by atoms with Crippen LogP contribution in [-0.4, -0.2) is 42.1 Å². The fourth-order valence-electron chi connectivity index (χ4n) is 2.49. The molecule has 6 heteroatoms. The lowest BCUT2D eigenvalue weighted by Gasteiger charge is -2.30. The highest BCUT2D eigenvalue weighted by Crippen LogP contribution is 2.13. The molecule has 0 atom stereocenters. The number of piperidine rings is 1. The van der Waals surface area contributed by atoms with Crippen LogP contribution in [0.15, 0.2) is 35.3 Å². The van der Waals surface area contributed by atoms with Crippen molar-refractivity contribution in [1.29, 1.82) is 0 Å². The number of rotatable bonds is 3. The Morgan fingerprint density at radius 3 is 2.38 bits per heavy atom. The molecule has 0 amide bonds. The zero-order valence-corrected chi connectivity index (χ0v) is 17.1. The van der Waals surface area contributed by atoms with Gasteiger partial charge in [-0.25, -0.2) is 4.99 Å². The van der Waals surface area contributed by atoms with Crippen LogP contribution in [-0.2, 0) is 9.53 Å². The minimum atomic E-state index is -0.481. The molecule has 0 aliphatic carbocycles. The number of nitrogens with zero attached hydrogens (tertiary/aromatic N) is 2. The van der Waals surface area contributed by atoms with Gasteiger partial charge in [0.05, 0.1) is 0 Å². The van der Waals surface area contributed by atoms with Crippen molar-refractivity contribution in [2.45, 2.75) is 45.6 Å². The maximum Gasteiger partial charge on any atom is 0.328 e. The minimum absolute atomic E-state index is 0. The van der Waals surface area contributed by atoms with Crippen molar-refractivity contribution in [2.24, 2.45) is 4.99 Å². The number of hydrogen-bond acceptors (Lipinski definition) is 3. The summed E-state index contributed by atoms with van der Waals surface area (Å²) in [5.74, 6) is 0.448. The van der Waals surface area contributed by atoms with Gasteiger partial charge in [-0.2, -0.15) is 0 Å². The maximum absolute atomic E-state index is 11.9. The summed E-state index contributed by atoms with van der Waals surface area (Å²) in [5.41, 5.74) is 0.492. The number of aliphatic imine (C=N–C) groups is 1. The molecule has 0 bridgehead atoms. The van der Waals surface area contributed by atoms with E-state index in [0.717, 1.165) is 37.6 Å². The third-order valence-corrected chi connectivity index (χ3v) is 3.46. The van der Waals surface area contributed by atoms with Crippen molar-refractivity contribution in [3.8, 4) is 0 Å². The second-order valence-corrected chi connectivity index (χ2v) is 6.77. The number of anilines is 1. The van der Waals surface area contributed by atoms with Crippen LogP contribution in [0.3, 0.4) is 0 Å². The van der Waals surface area contributed by atoms with E-state index in [1.807, 2.05) is 51.1 Å². The predicted octanol–water partition coefficient (Wildman–Crippen LogP) is 3.90. The number of halogens is 1. The topological polar surface area (TPSA) is 53.9 Å². The van der Waals surface area contributed by atoms with Gasteiger partial charge in [0.2, 0.25) is 0 Å². The number of carbonyl (C=O) groups excluding carboxylic acids is 1. The Kier molecular flexibility index (Phi) is 8.52. The summed E-state index contributed by atoms with van der Waals surface area (Å²) in [6.07, 6.45) is 3.56. The monoisotopic (exact) mass is 445 g/mol. The molecular weight excluding hydrogens is 417 g/mol. The number of nitrogens with one attached hydrogen (secondary N) is 1. The summed E-state index contributed by atoms with van der Waals surface area (Å²) < 4.78 is 5.33. The van der Waals surface area contributed by atoms with Crippen molar-refractivity contribution in [3.63, 3.8) is 0 Å². The van der Waals surface area contributed by atoms with Gasteiger partial charge in [0, 0.05) is 18.8 Å². The molecule has 0 unspecified atom stereocenters. The molecule has 1 N–H and O–H groups in total. The molecule has 1 aromatic carbocycles. The van der Waals surface area contributed by atoms with Crippen LogP contribution in [0.25, 0.3) is 0 Å². The quantitative estimate of drug-likeness (QED) is 0.332. The van der Waals surface area contributed by atoms with Crippen molar-refractivity contribution in [1.82, 2.24) is 4.90 Å². The van der Waals surface area contributed by atoms with Crippen LogP contribution in [0.2, 0.25) is 0 Å². The first kappa shape index (κ1) is 20.7. The Morgan fingerprint density at radius 2 is 1.79 bits per heavy atom. The minimum Gasteiger partial charge on any atom is -0.459 e. The van der Waals surface area contributed by atoms with Crippen molar-refractivity contribution < 1.29 is 9.53 Å². The molecule has 2 rings (SSSR count). The number of benzene rings is 1. The molecule has 0 radical (unpaired) electrons. The molecule has 24 heavy (non-hydrogen) atoms. The van der Waals surface area contributed by atoms with Crippen LogP contribution in [0.1, 0.15) is 40.0 Å². The molecule has 1 aliphatic heterocycles. The number of guanidine groups is 1. The summed E-state index contributed by atoms with van der Waals surface area (Å²) in [6, 6.07) is 9.91. The van der Waals surface area contributed by atoms with E-state index in [-0.39, 0.29) is 36.5 Å². The average molecular weight is 445 g/mol.